The SMILES string of the molecule is COC(=O)N1[C@@H]2c3ccccc3[C@H]1[C@@H]1C([Si](C)(C)C)=C[C@@H]12. The lowest BCUT2D eigenvalue weighted by Crippen LogP contribution is -2.41. The Morgan fingerprint density at radius 1 is 1.14 bits per heavy atom. The zero-order valence-electron chi connectivity index (χ0n) is 13.0. The van der Waals surface area contributed by atoms with Crippen LogP contribution in [0.5, 0.6) is 0 Å². The summed E-state index contributed by atoms with van der Waals surface area (Å²) in [6.07, 6.45) is 2.27. The average molecular weight is 299 g/mol. The molecule has 2 aliphatic heterocycles. The number of benzene rings is 1. The molecule has 0 radical (unpaired) electrons. The number of carbonyl (C=O) groups excluding carboxylic acids is 1. The van der Waals surface area contributed by atoms with Crippen LogP contribution in [0.2, 0.25) is 19.6 Å². The highest BCUT2D eigenvalue weighted by Crippen LogP contribution is 2.66. The van der Waals surface area contributed by atoms with Crippen molar-refractivity contribution in [2.24, 2.45) is 11.8 Å². The van der Waals surface area contributed by atoms with E-state index in [1.54, 1.807) is 5.20 Å². The van der Waals surface area contributed by atoms with Crippen molar-refractivity contribution in [3.8, 4) is 0 Å². The van der Waals surface area contributed by atoms with Gasteiger partial charge in [-0.25, -0.2) is 4.79 Å². The third-order valence-electron chi connectivity index (χ3n) is 5.33. The molecular weight excluding hydrogens is 278 g/mol. The Bertz CT molecular complexity index is 661. The fourth-order valence-corrected chi connectivity index (χ4v) is 6.59. The zero-order valence-corrected chi connectivity index (χ0v) is 14.0. The number of hydrogen-bond acceptors (Lipinski definition) is 2. The van der Waals surface area contributed by atoms with Crippen molar-refractivity contribution in [2.75, 3.05) is 7.11 Å². The second kappa shape index (κ2) is 4.00. The van der Waals surface area contributed by atoms with E-state index in [2.05, 4.69) is 50.0 Å². The molecule has 21 heavy (non-hydrogen) atoms. The number of fused-ring (bicyclic) bond motifs is 8. The van der Waals surface area contributed by atoms with Gasteiger partial charge in [0.15, 0.2) is 0 Å². The molecule has 3 nitrogen and oxygen atoms in total. The molecule has 0 aromatic heterocycles. The first-order chi connectivity index (χ1) is 9.95. The number of ether oxygens (including phenoxy) is 1. The minimum atomic E-state index is -1.31. The summed E-state index contributed by atoms with van der Waals surface area (Å²) in [5.74, 6) is 1.02. The maximum Gasteiger partial charge on any atom is 0.410 e. The lowest BCUT2D eigenvalue weighted by atomic mass is 9.69. The summed E-state index contributed by atoms with van der Waals surface area (Å²) in [6, 6.07) is 8.89. The van der Waals surface area contributed by atoms with Crippen LogP contribution in [0.15, 0.2) is 35.5 Å². The Hall–Kier alpha value is -1.55. The molecule has 1 aliphatic carbocycles. The van der Waals surface area contributed by atoms with E-state index in [4.69, 9.17) is 4.74 Å². The lowest BCUT2D eigenvalue weighted by Gasteiger charge is -2.43. The number of nitrogens with zero attached hydrogens (tertiary/aromatic N) is 1. The van der Waals surface area contributed by atoms with Crippen LogP contribution in [0.1, 0.15) is 23.2 Å². The predicted molar refractivity (Wildman–Crippen MR) is 84.6 cm³/mol. The van der Waals surface area contributed by atoms with Gasteiger partial charge < -0.3 is 4.74 Å². The zero-order chi connectivity index (χ0) is 14.9. The minimum Gasteiger partial charge on any atom is -0.453 e. The fraction of sp³-hybridized carbons (Fsp3) is 0.471. The molecule has 1 saturated heterocycles. The summed E-state index contributed by atoms with van der Waals surface area (Å²) in [5.41, 5.74) is 2.65. The molecular formula is C17H21NO2Si. The van der Waals surface area contributed by atoms with Crippen LogP contribution >= 0.6 is 0 Å². The normalized spacial score (nSPS) is 32.2. The van der Waals surface area contributed by atoms with Crippen molar-refractivity contribution < 1.29 is 9.53 Å². The fourth-order valence-electron chi connectivity index (χ4n) is 4.54. The molecule has 0 spiro atoms. The van der Waals surface area contributed by atoms with Gasteiger partial charge in [-0.15, -0.1) is 0 Å². The first kappa shape index (κ1) is 13.1. The van der Waals surface area contributed by atoms with Gasteiger partial charge in [-0.05, 0) is 11.1 Å². The average Bonchev–Trinajstić information content (AvgIpc) is 2.83. The van der Waals surface area contributed by atoms with Gasteiger partial charge in [-0.3, -0.25) is 4.90 Å². The molecule has 0 N–H and O–H groups in total. The van der Waals surface area contributed by atoms with Crippen molar-refractivity contribution in [3.63, 3.8) is 0 Å². The Kier molecular flexibility index (Phi) is 2.50. The van der Waals surface area contributed by atoms with Gasteiger partial charge >= 0.3 is 6.09 Å². The summed E-state index contributed by atoms with van der Waals surface area (Å²) >= 11 is 0. The number of carbonyl (C=O) groups is 1. The summed E-state index contributed by atoms with van der Waals surface area (Å²) in [4.78, 5) is 14.3. The number of rotatable bonds is 1. The second-order valence-corrected chi connectivity index (χ2v) is 12.4. The van der Waals surface area contributed by atoms with Crippen LogP contribution in [0.3, 0.4) is 0 Å². The Morgan fingerprint density at radius 3 is 2.33 bits per heavy atom. The third-order valence-corrected chi connectivity index (χ3v) is 7.57. The Labute approximate surface area is 126 Å². The largest absolute Gasteiger partial charge is 0.453 e. The van der Waals surface area contributed by atoms with E-state index in [1.165, 1.54) is 18.2 Å². The quantitative estimate of drug-likeness (QED) is 0.736. The van der Waals surface area contributed by atoms with E-state index in [0.717, 1.165) is 0 Å². The first-order valence-electron chi connectivity index (χ1n) is 7.62. The molecule has 0 unspecified atom stereocenters. The molecule has 0 saturated carbocycles. The number of hydrogen-bond donors (Lipinski definition) is 0. The molecule has 2 bridgehead atoms. The van der Waals surface area contributed by atoms with Gasteiger partial charge in [0.1, 0.15) is 0 Å². The van der Waals surface area contributed by atoms with Crippen LogP contribution in [0, 0.1) is 11.8 Å². The van der Waals surface area contributed by atoms with Crippen molar-refractivity contribution in [1.82, 2.24) is 4.90 Å². The number of methoxy groups -OCH3 is 1. The van der Waals surface area contributed by atoms with Crippen LogP contribution < -0.4 is 0 Å². The molecule has 2 heterocycles. The molecule has 4 atom stereocenters. The Morgan fingerprint density at radius 2 is 1.76 bits per heavy atom. The van der Waals surface area contributed by atoms with Gasteiger partial charge in [0.05, 0.1) is 27.3 Å². The molecule has 4 heteroatoms. The molecule has 1 aromatic rings. The summed E-state index contributed by atoms with van der Waals surface area (Å²) in [7, 11) is 0.175. The van der Waals surface area contributed by atoms with Crippen molar-refractivity contribution in [1.29, 1.82) is 0 Å². The minimum absolute atomic E-state index is 0.182. The third kappa shape index (κ3) is 1.51. The smallest absolute Gasteiger partial charge is 0.410 e. The summed E-state index contributed by atoms with van der Waals surface area (Å²) in [5, 5.41) is 1.63. The van der Waals surface area contributed by atoms with E-state index >= 15 is 0 Å². The molecule has 1 fully saturated rings. The first-order valence-corrected chi connectivity index (χ1v) is 11.1. The van der Waals surface area contributed by atoms with Gasteiger partial charge in [0.25, 0.3) is 0 Å². The van der Waals surface area contributed by atoms with E-state index in [0.29, 0.717) is 11.8 Å². The van der Waals surface area contributed by atoms with E-state index in [-0.39, 0.29) is 18.2 Å². The monoisotopic (exact) mass is 299 g/mol. The van der Waals surface area contributed by atoms with Crippen molar-refractivity contribution in [2.45, 2.75) is 31.7 Å². The van der Waals surface area contributed by atoms with Gasteiger partial charge in [0, 0.05) is 11.8 Å². The lowest BCUT2D eigenvalue weighted by molar-refractivity contribution is 0.107. The van der Waals surface area contributed by atoms with Gasteiger partial charge in [0.2, 0.25) is 0 Å². The van der Waals surface area contributed by atoms with E-state index in [1.807, 2.05) is 4.90 Å². The highest BCUT2D eigenvalue weighted by atomic mass is 28.3. The van der Waals surface area contributed by atoms with Crippen LogP contribution in [-0.4, -0.2) is 26.2 Å². The van der Waals surface area contributed by atoms with Gasteiger partial charge in [-0.2, -0.15) is 0 Å². The highest BCUT2D eigenvalue weighted by Gasteiger charge is 2.63. The van der Waals surface area contributed by atoms with Crippen LogP contribution in [-0.2, 0) is 4.74 Å². The summed E-state index contributed by atoms with van der Waals surface area (Å²) < 4.78 is 5.07. The van der Waals surface area contributed by atoms with Crippen LogP contribution in [0.4, 0.5) is 4.79 Å². The standard InChI is InChI=1S/C17H21NO2Si/c1-20-17(19)18-15-10-7-5-6-8-11(10)16(18)14-12(15)9-13(14)21(2,3)4/h5-9,12,14-16H,1-4H3/t12-,14-,15+,16-/m0/s1. The van der Waals surface area contributed by atoms with E-state index in [9.17, 15) is 4.79 Å². The predicted octanol–water partition coefficient (Wildman–Crippen LogP) is 3.91. The van der Waals surface area contributed by atoms with Crippen molar-refractivity contribution >= 4 is 14.2 Å². The topological polar surface area (TPSA) is 29.5 Å². The number of amides is 1. The molecule has 1 aromatic carbocycles. The van der Waals surface area contributed by atoms with Gasteiger partial charge in [-0.1, -0.05) is 55.2 Å². The molecule has 1 amide bonds. The van der Waals surface area contributed by atoms with E-state index < -0.39 is 8.07 Å². The van der Waals surface area contributed by atoms with Crippen molar-refractivity contribution in [3.05, 3.63) is 46.7 Å². The second-order valence-electron chi connectivity index (χ2n) is 7.37. The van der Waals surface area contributed by atoms with Crippen LogP contribution in [0.25, 0.3) is 0 Å². The highest BCUT2D eigenvalue weighted by molar-refractivity contribution is 6.83. The maximum atomic E-state index is 12.3. The maximum absolute atomic E-state index is 12.3. The Balaban J connectivity index is 1.82. The molecule has 110 valence electrons. The molecule has 4 rings (SSSR count). The molecule has 3 aliphatic rings. The summed E-state index contributed by atoms with van der Waals surface area (Å²) in [6.45, 7) is 7.19.